The highest BCUT2D eigenvalue weighted by molar-refractivity contribution is 5.92. The van der Waals surface area contributed by atoms with E-state index in [0.717, 1.165) is 12.1 Å². The third-order valence-corrected chi connectivity index (χ3v) is 2.77. The van der Waals surface area contributed by atoms with Gasteiger partial charge in [-0.15, -0.1) is 0 Å². The predicted octanol–water partition coefficient (Wildman–Crippen LogP) is 1.75. The summed E-state index contributed by atoms with van der Waals surface area (Å²) in [6.07, 6.45) is 0. The minimum atomic E-state index is -1.63. The van der Waals surface area contributed by atoms with E-state index in [-0.39, 0.29) is 25.7 Å². The molecular formula is C13H17F3N2O2. The summed E-state index contributed by atoms with van der Waals surface area (Å²) in [5.74, 6) is -4.95. The van der Waals surface area contributed by atoms with Gasteiger partial charge in [-0.2, -0.15) is 0 Å². The van der Waals surface area contributed by atoms with Crippen molar-refractivity contribution in [2.45, 2.75) is 19.9 Å². The van der Waals surface area contributed by atoms with Crippen molar-refractivity contribution in [2.24, 2.45) is 0 Å². The first kappa shape index (κ1) is 16.5. The van der Waals surface area contributed by atoms with Crippen molar-refractivity contribution in [1.82, 2.24) is 4.90 Å². The molecule has 112 valence electrons. The summed E-state index contributed by atoms with van der Waals surface area (Å²) >= 11 is 0. The number of hydrogen-bond acceptors (Lipinski definition) is 3. The number of hydrogen-bond donors (Lipinski definition) is 2. The zero-order valence-electron chi connectivity index (χ0n) is 11.3. The third kappa shape index (κ3) is 4.21. The molecule has 2 N–H and O–H groups in total. The number of carbonyl (C=O) groups excluding carboxylic acids is 1. The number of aliphatic hydroxyl groups is 1. The number of halogens is 3. The smallest absolute Gasteiger partial charge is 0.238 e. The molecule has 0 aliphatic heterocycles. The largest absolute Gasteiger partial charge is 0.395 e. The lowest BCUT2D eigenvalue weighted by atomic mass is 10.2. The fourth-order valence-electron chi connectivity index (χ4n) is 1.64. The van der Waals surface area contributed by atoms with Crippen LogP contribution >= 0.6 is 0 Å². The molecule has 0 spiro atoms. The molecule has 1 amide bonds. The van der Waals surface area contributed by atoms with Crippen molar-refractivity contribution in [3.05, 3.63) is 29.6 Å². The van der Waals surface area contributed by atoms with Crippen molar-refractivity contribution < 1.29 is 23.1 Å². The van der Waals surface area contributed by atoms with Crippen LogP contribution in [-0.4, -0.2) is 41.7 Å². The van der Waals surface area contributed by atoms with Crippen molar-refractivity contribution in [2.75, 3.05) is 25.0 Å². The highest BCUT2D eigenvalue weighted by Gasteiger charge is 2.17. The number of carbonyl (C=O) groups is 1. The van der Waals surface area contributed by atoms with E-state index in [1.54, 1.807) is 4.90 Å². The quantitative estimate of drug-likeness (QED) is 0.785. The second-order valence-electron chi connectivity index (χ2n) is 4.56. The van der Waals surface area contributed by atoms with E-state index in [9.17, 15) is 18.0 Å². The number of anilines is 1. The molecule has 4 nitrogen and oxygen atoms in total. The molecule has 7 heteroatoms. The molecule has 0 atom stereocenters. The van der Waals surface area contributed by atoms with Crippen molar-refractivity contribution >= 4 is 11.6 Å². The maximum atomic E-state index is 13.4. The van der Waals surface area contributed by atoms with Crippen LogP contribution in [0.15, 0.2) is 12.1 Å². The molecule has 0 heterocycles. The van der Waals surface area contributed by atoms with Gasteiger partial charge in [-0.05, 0) is 26.0 Å². The van der Waals surface area contributed by atoms with E-state index in [1.807, 2.05) is 13.8 Å². The molecule has 0 unspecified atom stereocenters. The van der Waals surface area contributed by atoms with E-state index >= 15 is 0 Å². The standard InChI is InChI=1S/C13H17F3N2O2/c1-8(2)18(5-6-19)7-11(20)17-10-4-3-9(14)12(15)13(10)16/h3-4,8,19H,5-7H2,1-2H3,(H,17,20). The Balaban J connectivity index is 2.73. The lowest BCUT2D eigenvalue weighted by molar-refractivity contribution is -0.117. The Labute approximate surface area is 115 Å². The molecular weight excluding hydrogens is 273 g/mol. The zero-order valence-corrected chi connectivity index (χ0v) is 11.3. The van der Waals surface area contributed by atoms with Crippen LogP contribution in [0, 0.1) is 17.5 Å². The Morgan fingerprint density at radius 3 is 2.50 bits per heavy atom. The van der Waals surface area contributed by atoms with Gasteiger partial charge in [0.15, 0.2) is 17.5 Å². The monoisotopic (exact) mass is 290 g/mol. The van der Waals surface area contributed by atoms with E-state index < -0.39 is 29.0 Å². The van der Waals surface area contributed by atoms with Crippen LogP contribution in [0.2, 0.25) is 0 Å². The zero-order chi connectivity index (χ0) is 15.3. The van der Waals surface area contributed by atoms with Gasteiger partial charge in [0.25, 0.3) is 0 Å². The van der Waals surface area contributed by atoms with Gasteiger partial charge in [0.05, 0.1) is 18.8 Å². The number of nitrogens with zero attached hydrogens (tertiary/aromatic N) is 1. The lowest BCUT2D eigenvalue weighted by Crippen LogP contribution is -2.39. The number of rotatable bonds is 6. The van der Waals surface area contributed by atoms with Crippen molar-refractivity contribution in [3.8, 4) is 0 Å². The molecule has 0 aliphatic rings. The van der Waals surface area contributed by atoms with Gasteiger partial charge in [0.1, 0.15) is 0 Å². The normalized spacial score (nSPS) is 11.2. The van der Waals surface area contributed by atoms with E-state index in [2.05, 4.69) is 5.32 Å². The Kier molecular flexibility index (Phi) is 5.97. The Morgan fingerprint density at radius 1 is 1.30 bits per heavy atom. The molecule has 0 bridgehead atoms. The Bertz CT molecular complexity index is 481. The summed E-state index contributed by atoms with van der Waals surface area (Å²) in [6, 6.07) is 1.70. The molecule has 0 saturated carbocycles. The average molecular weight is 290 g/mol. The molecule has 1 aromatic rings. The van der Waals surface area contributed by atoms with Gasteiger partial charge in [-0.1, -0.05) is 0 Å². The molecule has 20 heavy (non-hydrogen) atoms. The van der Waals surface area contributed by atoms with Crippen LogP contribution in [0.1, 0.15) is 13.8 Å². The van der Waals surface area contributed by atoms with E-state index in [4.69, 9.17) is 5.11 Å². The summed E-state index contributed by atoms with van der Waals surface area (Å²) in [5, 5.41) is 11.1. The fraction of sp³-hybridized carbons (Fsp3) is 0.462. The van der Waals surface area contributed by atoms with Gasteiger partial charge in [0, 0.05) is 12.6 Å². The summed E-state index contributed by atoms with van der Waals surface area (Å²) in [4.78, 5) is 13.4. The number of amides is 1. The van der Waals surface area contributed by atoms with Gasteiger partial charge in [-0.3, -0.25) is 9.69 Å². The SMILES string of the molecule is CC(C)N(CCO)CC(=O)Nc1ccc(F)c(F)c1F. The first-order valence-electron chi connectivity index (χ1n) is 6.15. The highest BCUT2D eigenvalue weighted by Crippen LogP contribution is 2.19. The van der Waals surface area contributed by atoms with Crippen LogP contribution < -0.4 is 5.32 Å². The maximum Gasteiger partial charge on any atom is 0.238 e. The Morgan fingerprint density at radius 2 is 1.95 bits per heavy atom. The maximum absolute atomic E-state index is 13.4. The molecule has 0 fully saturated rings. The van der Waals surface area contributed by atoms with Crippen LogP contribution in [0.25, 0.3) is 0 Å². The topological polar surface area (TPSA) is 52.6 Å². The number of nitrogens with one attached hydrogen (secondary N) is 1. The van der Waals surface area contributed by atoms with Crippen LogP contribution in [0.4, 0.5) is 18.9 Å². The van der Waals surface area contributed by atoms with Crippen LogP contribution in [0.5, 0.6) is 0 Å². The van der Waals surface area contributed by atoms with Gasteiger partial charge < -0.3 is 10.4 Å². The van der Waals surface area contributed by atoms with Gasteiger partial charge in [0.2, 0.25) is 5.91 Å². The lowest BCUT2D eigenvalue weighted by Gasteiger charge is -2.24. The van der Waals surface area contributed by atoms with Crippen molar-refractivity contribution in [3.63, 3.8) is 0 Å². The minimum Gasteiger partial charge on any atom is -0.395 e. The Hall–Kier alpha value is -1.60. The highest BCUT2D eigenvalue weighted by atomic mass is 19.2. The van der Waals surface area contributed by atoms with Crippen LogP contribution in [0.3, 0.4) is 0 Å². The molecule has 0 saturated heterocycles. The minimum absolute atomic E-state index is 0.00250. The van der Waals surface area contributed by atoms with Gasteiger partial charge >= 0.3 is 0 Å². The number of aliphatic hydroxyl groups excluding tert-OH is 1. The summed E-state index contributed by atoms with van der Waals surface area (Å²) in [7, 11) is 0. The first-order chi connectivity index (χ1) is 9.36. The first-order valence-corrected chi connectivity index (χ1v) is 6.15. The third-order valence-electron chi connectivity index (χ3n) is 2.77. The predicted molar refractivity (Wildman–Crippen MR) is 68.7 cm³/mol. The van der Waals surface area contributed by atoms with E-state index in [1.165, 1.54) is 0 Å². The van der Waals surface area contributed by atoms with Gasteiger partial charge in [-0.25, -0.2) is 13.2 Å². The second-order valence-corrected chi connectivity index (χ2v) is 4.56. The molecule has 0 aromatic heterocycles. The summed E-state index contributed by atoms with van der Waals surface area (Å²) in [6.45, 7) is 3.75. The molecule has 0 radical (unpaired) electrons. The summed E-state index contributed by atoms with van der Waals surface area (Å²) in [5.41, 5.74) is -0.415. The number of benzene rings is 1. The summed E-state index contributed by atoms with van der Waals surface area (Å²) < 4.78 is 39.1. The van der Waals surface area contributed by atoms with E-state index in [0.29, 0.717) is 0 Å². The molecule has 1 aromatic carbocycles. The molecule has 1 rings (SSSR count). The second kappa shape index (κ2) is 7.25. The fourth-order valence-corrected chi connectivity index (χ4v) is 1.64. The average Bonchev–Trinajstić information content (AvgIpc) is 2.39. The molecule has 0 aliphatic carbocycles. The van der Waals surface area contributed by atoms with Crippen LogP contribution in [-0.2, 0) is 4.79 Å². The van der Waals surface area contributed by atoms with Crippen molar-refractivity contribution in [1.29, 1.82) is 0 Å².